The van der Waals surface area contributed by atoms with Crippen LogP contribution in [0.4, 0.5) is 0 Å². The first-order chi connectivity index (χ1) is 10.1. The molecule has 0 bridgehead atoms. The predicted octanol–water partition coefficient (Wildman–Crippen LogP) is 2.07. The van der Waals surface area contributed by atoms with E-state index in [1.807, 2.05) is 0 Å². The molecule has 4 nitrogen and oxygen atoms in total. The Kier molecular flexibility index (Phi) is 6.04. The third-order valence-electron chi connectivity index (χ3n) is 5.52. The lowest BCUT2D eigenvalue weighted by atomic mass is 9.85. The highest BCUT2D eigenvalue weighted by atomic mass is 15.2. The Labute approximate surface area is 130 Å². The molecule has 120 valence electrons. The van der Waals surface area contributed by atoms with Gasteiger partial charge in [-0.2, -0.15) is 5.26 Å². The van der Waals surface area contributed by atoms with Gasteiger partial charge in [0.05, 0.1) is 6.07 Å². The lowest BCUT2D eigenvalue weighted by Crippen LogP contribution is -2.49. The summed E-state index contributed by atoms with van der Waals surface area (Å²) in [4.78, 5) is 4.97. The molecule has 2 aliphatic rings. The van der Waals surface area contributed by atoms with E-state index in [1.165, 1.54) is 45.2 Å². The Morgan fingerprint density at radius 3 is 2.81 bits per heavy atom. The average Bonchev–Trinajstić information content (AvgIpc) is 2.89. The lowest BCUT2D eigenvalue weighted by Gasteiger charge is -2.37. The summed E-state index contributed by atoms with van der Waals surface area (Å²) in [5.41, 5.74) is -0.245. The molecule has 21 heavy (non-hydrogen) atoms. The maximum absolute atomic E-state index is 9.64. The molecule has 0 aromatic heterocycles. The molecule has 1 heterocycles. The molecule has 0 amide bonds. The van der Waals surface area contributed by atoms with E-state index in [-0.39, 0.29) is 5.54 Å². The van der Waals surface area contributed by atoms with Crippen molar-refractivity contribution in [2.45, 2.75) is 57.0 Å². The van der Waals surface area contributed by atoms with Crippen LogP contribution < -0.4 is 5.32 Å². The van der Waals surface area contributed by atoms with Gasteiger partial charge in [0.15, 0.2) is 0 Å². The van der Waals surface area contributed by atoms with E-state index in [0.29, 0.717) is 12.0 Å². The molecular weight excluding hydrogens is 260 g/mol. The van der Waals surface area contributed by atoms with Crippen molar-refractivity contribution in [3.05, 3.63) is 0 Å². The first-order valence-electron chi connectivity index (χ1n) is 8.66. The number of rotatable bonds is 6. The van der Waals surface area contributed by atoms with Gasteiger partial charge in [0.2, 0.25) is 0 Å². The third-order valence-corrected chi connectivity index (χ3v) is 5.52. The van der Waals surface area contributed by atoms with E-state index in [2.05, 4.69) is 42.2 Å². The minimum Gasteiger partial charge on any atom is -0.305 e. The van der Waals surface area contributed by atoms with Gasteiger partial charge in [-0.05, 0) is 71.8 Å². The number of hydrogen-bond donors (Lipinski definition) is 1. The largest absolute Gasteiger partial charge is 0.305 e. The van der Waals surface area contributed by atoms with E-state index in [1.54, 1.807) is 0 Å². The highest BCUT2D eigenvalue weighted by Gasteiger charge is 2.42. The molecule has 1 aliphatic heterocycles. The summed E-state index contributed by atoms with van der Waals surface area (Å²) in [5, 5.41) is 13.1. The second-order valence-electron chi connectivity index (χ2n) is 7.05. The molecule has 0 aromatic rings. The van der Waals surface area contributed by atoms with Gasteiger partial charge in [-0.3, -0.25) is 5.32 Å². The fourth-order valence-electron chi connectivity index (χ4n) is 4.20. The van der Waals surface area contributed by atoms with Crippen LogP contribution >= 0.6 is 0 Å². The van der Waals surface area contributed by atoms with Crippen LogP contribution in [0.25, 0.3) is 0 Å². The molecule has 0 aromatic carbocycles. The molecular formula is C17H32N4. The van der Waals surface area contributed by atoms with Crippen molar-refractivity contribution < 1.29 is 0 Å². The quantitative estimate of drug-likeness (QED) is 0.814. The summed E-state index contributed by atoms with van der Waals surface area (Å²) >= 11 is 0. The van der Waals surface area contributed by atoms with Gasteiger partial charge in [0.1, 0.15) is 5.54 Å². The number of nitrogens with one attached hydrogen (secondary N) is 1. The summed E-state index contributed by atoms with van der Waals surface area (Å²) in [7, 11) is 4.38. The number of piperidine rings is 1. The van der Waals surface area contributed by atoms with Gasteiger partial charge in [-0.15, -0.1) is 0 Å². The molecule has 3 unspecified atom stereocenters. The highest BCUT2D eigenvalue weighted by molar-refractivity contribution is 5.14. The second-order valence-corrected chi connectivity index (χ2v) is 7.05. The molecule has 3 atom stereocenters. The maximum atomic E-state index is 9.64. The van der Waals surface area contributed by atoms with Gasteiger partial charge in [-0.1, -0.05) is 13.3 Å². The number of hydrogen-bond acceptors (Lipinski definition) is 4. The number of nitrogens with zero attached hydrogens (tertiary/aromatic N) is 3. The Balaban J connectivity index is 1.86. The molecule has 0 spiro atoms. The van der Waals surface area contributed by atoms with Gasteiger partial charge in [0.25, 0.3) is 0 Å². The molecule has 1 saturated heterocycles. The summed E-state index contributed by atoms with van der Waals surface area (Å²) < 4.78 is 0. The zero-order chi connectivity index (χ0) is 15.3. The van der Waals surface area contributed by atoms with Gasteiger partial charge >= 0.3 is 0 Å². The zero-order valence-corrected chi connectivity index (χ0v) is 14.1. The van der Waals surface area contributed by atoms with Crippen LogP contribution in [0.15, 0.2) is 0 Å². The number of likely N-dealkylation sites (N-methyl/N-ethyl adjacent to an activating group) is 1. The second kappa shape index (κ2) is 7.58. The van der Waals surface area contributed by atoms with Gasteiger partial charge in [-0.25, -0.2) is 0 Å². The molecule has 0 radical (unpaired) electrons. The van der Waals surface area contributed by atoms with Crippen LogP contribution in [-0.4, -0.2) is 61.7 Å². The van der Waals surface area contributed by atoms with E-state index in [9.17, 15) is 5.26 Å². The van der Waals surface area contributed by atoms with Crippen molar-refractivity contribution in [2.24, 2.45) is 5.92 Å². The molecule has 4 heteroatoms. The number of nitriles is 1. The minimum absolute atomic E-state index is 0.245. The van der Waals surface area contributed by atoms with Crippen molar-refractivity contribution in [1.82, 2.24) is 15.1 Å². The average molecular weight is 292 g/mol. The van der Waals surface area contributed by atoms with Crippen molar-refractivity contribution in [3.63, 3.8) is 0 Å². The Hall–Kier alpha value is -0.630. The zero-order valence-electron chi connectivity index (χ0n) is 14.1. The van der Waals surface area contributed by atoms with Crippen LogP contribution in [0.5, 0.6) is 0 Å². The Morgan fingerprint density at radius 1 is 1.33 bits per heavy atom. The smallest absolute Gasteiger partial charge is 0.109 e. The SMILES string of the molecule is CCNC1(C#N)CCCC1CCN1CCCC(N(C)C)C1. The monoisotopic (exact) mass is 292 g/mol. The fraction of sp³-hybridized carbons (Fsp3) is 0.941. The van der Waals surface area contributed by atoms with Crippen LogP contribution in [-0.2, 0) is 0 Å². The van der Waals surface area contributed by atoms with Crippen molar-refractivity contribution >= 4 is 0 Å². The van der Waals surface area contributed by atoms with Crippen LogP contribution in [0.1, 0.15) is 45.4 Å². The van der Waals surface area contributed by atoms with E-state index in [4.69, 9.17) is 0 Å². The molecule has 1 aliphatic carbocycles. The first-order valence-corrected chi connectivity index (χ1v) is 8.66. The topological polar surface area (TPSA) is 42.3 Å². The third kappa shape index (κ3) is 3.97. The van der Waals surface area contributed by atoms with Crippen molar-refractivity contribution in [2.75, 3.05) is 40.3 Å². The van der Waals surface area contributed by atoms with Gasteiger partial charge in [0, 0.05) is 12.6 Å². The van der Waals surface area contributed by atoms with E-state index < -0.39 is 0 Å². The van der Waals surface area contributed by atoms with Gasteiger partial charge < -0.3 is 9.80 Å². The minimum atomic E-state index is -0.245. The molecule has 1 N–H and O–H groups in total. The van der Waals surface area contributed by atoms with Crippen LogP contribution in [0, 0.1) is 17.2 Å². The van der Waals surface area contributed by atoms with Crippen molar-refractivity contribution in [3.8, 4) is 6.07 Å². The summed E-state index contributed by atoms with van der Waals surface area (Å²) in [6.45, 7) is 6.60. The summed E-state index contributed by atoms with van der Waals surface area (Å²) in [6, 6.07) is 3.31. The number of likely N-dealkylation sites (tertiary alicyclic amines) is 1. The normalized spacial score (nSPS) is 34.2. The Bertz CT molecular complexity index is 362. The van der Waals surface area contributed by atoms with E-state index in [0.717, 1.165) is 19.5 Å². The van der Waals surface area contributed by atoms with Crippen molar-refractivity contribution in [1.29, 1.82) is 5.26 Å². The predicted molar refractivity (Wildman–Crippen MR) is 87.1 cm³/mol. The molecule has 2 rings (SSSR count). The maximum Gasteiger partial charge on any atom is 0.109 e. The molecule has 1 saturated carbocycles. The lowest BCUT2D eigenvalue weighted by molar-refractivity contribution is 0.123. The van der Waals surface area contributed by atoms with Crippen LogP contribution in [0.3, 0.4) is 0 Å². The van der Waals surface area contributed by atoms with E-state index >= 15 is 0 Å². The fourth-order valence-corrected chi connectivity index (χ4v) is 4.20. The standard InChI is InChI=1S/C17H32N4/c1-4-19-17(14-18)10-5-7-15(17)9-12-21-11-6-8-16(13-21)20(2)3/h15-16,19H,4-13H2,1-3H3. The first kappa shape index (κ1) is 16.7. The Morgan fingerprint density at radius 2 is 2.14 bits per heavy atom. The molecule has 2 fully saturated rings. The summed E-state index contributed by atoms with van der Waals surface area (Å²) in [5.74, 6) is 0.530. The van der Waals surface area contributed by atoms with Crippen LogP contribution in [0.2, 0.25) is 0 Å². The summed E-state index contributed by atoms with van der Waals surface area (Å²) in [6.07, 6.45) is 7.25. The highest BCUT2D eigenvalue weighted by Crippen LogP contribution is 2.37.